The summed E-state index contributed by atoms with van der Waals surface area (Å²) in [7, 11) is 1.74. The largest absolute Gasteiger partial charge is 0.381 e. The van der Waals surface area contributed by atoms with Crippen LogP contribution in [0.25, 0.3) is 0 Å². The maximum atomic E-state index is 11.6. The molecule has 1 fully saturated rings. The average Bonchev–Trinajstić information content (AvgIpc) is 2.72. The molecule has 0 heterocycles. The van der Waals surface area contributed by atoms with Crippen LogP contribution >= 0.6 is 0 Å². The van der Waals surface area contributed by atoms with Crippen LogP contribution in [0.2, 0.25) is 0 Å². The van der Waals surface area contributed by atoms with Crippen molar-refractivity contribution in [3.63, 3.8) is 0 Å². The van der Waals surface area contributed by atoms with Crippen molar-refractivity contribution in [1.82, 2.24) is 5.32 Å². The summed E-state index contributed by atoms with van der Waals surface area (Å²) in [6, 6.07) is 0.326. The first-order valence-corrected chi connectivity index (χ1v) is 6.28. The monoisotopic (exact) mass is 228 g/mol. The SMILES string of the molecule is COC1CCC(NC(=O)CCCCCN)C1. The molecule has 1 aliphatic rings. The van der Waals surface area contributed by atoms with Crippen LogP contribution in [0.4, 0.5) is 0 Å². The number of methoxy groups -OCH3 is 1. The molecule has 3 N–H and O–H groups in total. The fourth-order valence-corrected chi connectivity index (χ4v) is 2.19. The van der Waals surface area contributed by atoms with Crippen molar-refractivity contribution in [3.05, 3.63) is 0 Å². The number of carbonyl (C=O) groups excluding carboxylic acids is 1. The van der Waals surface area contributed by atoms with E-state index in [1.165, 1.54) is 0 Å². The highest BCUT2D eigenvalue weighted by Crippen LogP contribution is 2.21. The summed E-state index contributed by atoms with van der Waals surface area (Å²) in [6.07, 6.45) is 7.06. The Bertz CT molecular complexity index is 209. The molecule has 1 saturated carbocycles. The zero-order valence-electron chi connectivity index (χ0n) is 10.2. The zero-order valence-corrected chi connectivity index (χ0v) is 10.2. The lowest BCUT2D eigenvalue weighted by Gasteiger charge is -2.12. The summed E-state index contributed by atoms with van der Waals surface area (Å²) in [6.45, 7) is 0.722. The number of nitrogens with one attached hydrogen (secondary N) is 1. The number of hydrogen-bond acceptors (Lipinski definition) is 3. The van der Waals surface area contributed by atoms with E-state index in [0.717, 1.165) is 45.1 Å². The molecule has 2 unspecified atom stereocenters. The van der Waals surface area contributed by atoms with Gasteiger partial charge in [-0.05, 0) is 38.6 Å². The number of nitrogens with two attached hydrogens (primary N) is 1. The van der Waals surface area contributed by atoms with Gasteiger partial charge in [0.2, 0.25) is 5.91 Å². The van der Waals surface area contributed by atoms with E-state index in [9.17, 15) is 4.79 Å². The van der Waals surface area contributed by atoms with Crippen molar-refractivity contribution in [2.75, 3.05) is 13.7 Å². The molecule has 0 aromatic rings. The Morgan fingerprint density at radius 2 is 2.19 bits per heavy atom. The van der Waals surface area contributed by atoms with Crippen molar-refractivity contribution >= 4 is 5.91 Å². The van der Waals surface area contributed by atoms with Crippen LogP contribution in [0.3, 0.4) is 0 Å². The molecular formula is C12H24N2O2. The smallest absolute Gasteiger partial charge is 0.220 e. The van der Waals surface area contributed by atoms with Gasteiger partial charge in [-0.2, -0.15) is 0 Å². The highest BCUT2D eigenvalue weighted by molar-refractivity contribution is 5.76. The van der Waals surface area contributed by atoms with Crippen LogP contribution < -0.4 is 11.1 Å². The van der Waals surface area contributed by atoms with E-state index in [2.05, 4.69) is 5.32 Å². The topological polar surface area (TPSA) is 64.3 Å². The summed E-state index contributed by atoms with van der Waals surface area (Å²) < 4.78 is 5.27. The number of amides is 1. The number of ether oxygens (including phenoxy) is 1. The van der Waals surface area contributed by atoms with Crippen LogP contribution in [0.1, 0.15) is 44.9 Å². The fraction of sp³-hybridized carbons (Fsp3) is 0.917. The van der Waals surface area contributed by atoms with Gasteiger partial charge in [0.05, 0.1) is 6.10 Å². The second-order valence-corrected chi connectivity index (χ2v) is 4.53. The van der Waals surface area contributed by atoms with Gasteiger partial charge in [0.1, 0.15) is 0 Å². The van der Waals surface area contributed by atoms with Gasteiger partial charge >= 0.3 is 0 Å². The number of carbonyl (C=O) groups is 1. The van der Waals surface area contributed by atoms with E-state index < -0.39 is 0 Å². The Balaban J connectivity index is 2.06. The Hall–Kier alpha value is -0.610. The van der Waals surface area contributed by atoms with Crippen molar-refractivity contribution in [2.45, 2.75) is 57.1 Å². The third kappa shape index (κ3) is 4.94. The van der Waals surface area contributed by atoms with Crippen LogP contribution in [-0.4, -0.2) is 31.7 Å². The van der Waals surface area contributed by atoms with Crippen molar-refractivity contribution < 1.29 is 9.53 Å². The third-order valence-electron chi connectivity index (χ3n) is 3.19. The molecule has 0 saturated heterocycles. The van der Waals surface area contributed by atoms with Crippen molar-refractivity contribution in [1.29, 1.82) is 0 Å². The lowest BCUT2D eigenvalue weighted by atomic mass is 10.1. The molecule has 0 aromatic heterocycles. The Labute approximate surface area is 97.9 Å². The van der Waals surface area contributed by atoms with E-state index in [0.29, 0.717) is 18.6 Å². The summed E-state index contributed by atoms with van der Waals surface area (Å²) in [4.78, 5) is 11.6. The molecule has 4 nitrogen and oxygen atoms in total. The van der Waals surface area contributed by atoms with E-state index >= 15 is 0 Å². The highest BCUT2D eigenvalue weighted by Gasteiger charge is 2.25. The first-order chi connectivity index (χ1) is 7.76. The number of rotatable bonds is 7. The molecule has 0 bridgehead atoms. The maximum Gasteiger partial charge on any atom is 0.220 e. The van der Waals surface area contributed by atoms with Crippen LogP contribution in [0.15, 0.2) is 0 Å². The molecule has 0 spiro atoms. The molecule has 0 aliphatic heterocycles. The van der Waals surface area contributed by atoms with Crippen LogP contribution in [-0.2, 0) is 9.53 Å². The molecule has 16 heavy (non-hydrogen) atoms. The van der Waals surface area contributed by atoms with Gasteiger partial charge in [0, 0.05) is 19.6 Å². The molecule has 1 amide bonds. The summed E-state index contributed by atoms with van der Waals surface area (Å²) in [5, 5.41) is 3.07. The summed E-state index contributed by atoms with van der Waals surface area (Å²) in [5.74, 6) is 0.179. The predicted octanol–water partition coefficient (Wildman–Crippen LogP) is 1.19. The molecule has 0 radical (unpaired) electrons. The quantitative estimate of drug-likeness (QED) is 0.643. The maximum absolute atomic E-state index is 11.6. The minimum atomic E-state index is 0.179. The van der Waals surface area contributed by atoms with E-state index in [4.69, 9.17) is 10.5 Å². The second kappa shape index (κ2) is 7.63. The number of hydrogen-bond donors (Lipinski definition) is 2. The van der Waals surface area contributed by atoms with Crippen LogP contribution in [0.5, 0.6) is 0 Å². The van der Waals surface area contributed by atoms with Crippen LogP contribution in [0, 0.1) is 0 Å². The van der Waals surface area contributed by atoms with E-state index in [1.807, 2.05) is 0 Å². The summed E-state index contributed by atoms with van der Waals surface area (Å²) in [5.41, 5.74) is 5.39. The molecular weight excluding hydrogens is 204 g/mol. The fourth-order valence-electron chi connectivity index (χ4n) is 2.19. The standard InChI is InChI=1S/C12H24N2O2/c1-16-11-7-6-10(9-11)14-12(15)5-3-2-4-8-13/h10-11H,2-9,13H2,1H3,(H,14,15). The van der Waals surface area contributed by atoms with E-state index in [-0.39, 0.29) is 5.91 Å². The first-order valence-electron chi connectivity index (χ1n) is 6.28. The van der Waals surface area contributed by atoms with Gasteiger partial charge in [-0.25, -0.2) is 0 Å². The lowest BCUT2D eigenvalue weighted by molar-refractivity contribution is -0.121. The highest BCUT2D eigenvalue weighted by atomic mass is 16.5. The zero-order chi connectivity index (χ0) is 11.8. The Morgan fingerprint density at radius 3 is 2.81 bits per heavy atom. The first kappa shape index (κ1) is 13.5. The van der Waals surface area contributed by atoms with Gasteiger partial charge < -0.3 is 15.8 Å². The van der Waals surface area contributed by atoms with E-state index in [1.54, 1.807) is 7.11 Å². The van der Waals surface area contributed by atoms with Gasteiger partial charge in [-0.15, -0.1) is 0 Å². The number of unbranched alkanes of at least 4 members (excludes halogenated alkanes) is 2. The van der Waals surface area contributed by atoms with Crippen molar-refractivity contribution in [2.24, 2.45) is 5.73 Å². The van der Waals surface area contributed by atoms with Gasteiger partial charge in [-0.1, -0.05) is 6.42 Å². The molecule has 1 rings (SSSR count). The molecule has 2 atom stereocenters. The second-order valence-electron chi connectivity index (χ2n) is 4.53. The van der Waals surface area contributed by atoms with Gasteiger partial charge in [0.25, 0.3) is 0 Å². The average molecular weight is 228 g/mol. The summed E-state index contributed by atoms with van der Waals surface area (Å²) >= 11 is 0. The molecule has 4 heteroatoms. The Morgan fingerprint density at radius 1 is 1.38 bits per heavy atom. The van der Waals surface area contributed by atoms with Gasteiger partial charge in [-0.3, -0.25) is 4.79 Å². The van der Waals surface area contributed by atoms with Crippen molar-refractivity contribution in [3.8, 4) is 0 Å². The Kier molecular flexibility index (Phi) is 6.42. The predicted molar refractivity (Wildman–Crippen MR) is 64.1 cm³/mol. The molecule has 0 aromatic carbocycles. The molecule has 94 valence electrons. The lowest BCUT2D eigenvalue weighted by Crippen LogP contribution is -2.33. The third-order valence-corrected chi connectivity index (χ3v) is 3.19. The molecule has 1 aliphatic carbocycles. The minimum absolute atomic E-state index is 0.179. The van der Waals surface area contributed by atoms with Gasteiger partial charge in [0.15, 0.2) is 0 Å². The normalized spacial score (nSPS) is 24.6. The minimum Gasteiger partial charge on any atom is -0.381 e.